The Kier molecular flexibility index (Phi) is 3.84. The highest BCUT2D eigenvalue weighted by Gasteiger charge is 2.28. The van der Waals surface area contributed by atoms with Crippen molar-refractivity contribution in [2.45, 2.75) is 6.92 Å². The second-order valence-electron chi connectivity index (χ2n) is 6.68. The van der Waals surface area contributed by atoms with Crippen molar-refractivity contribution in [3.8, 4) is 17.0 Å². The molecule has 28 heavy (non-hydrogen) atoms. The molecule has 0 unspecified atom stereocenters. The SMILES string of the molecule is Cc1c(-c2cc(Cl)c3c(c2)/C(=C/c2cn[nH]c2)C(=O)N3)cnc2c1NCCO2. The number of carbonyl (C=O) groups excluding carboxylic acids is 1. The number of hydrogen-bond acceptors (Lipinski definition) is 5. The summed E-state index contributed by atoms with van der Waals surface area (Å²) >= 11 is 6.51. The van der Waals surface area contributed by atoms with Gasteiger partial charge in [-0.15, -0.1) is 0 Å². The Hall–Kier alpha value is -3.32. The Labute approximate surface area is 165 Å². The molecule has 0 aliphatic carbocycles. The van der Waals surface area contributed by atoms with E-state index >= 15 is 0 Å². The smallest absolute Gasteiger partial charge is 0.256 e. The summed E-state index contributed by atoms with van der Waals surface area (Å²) in [5, 5.41) is 13.4. The topological polar surface area (TPSA) is 91.9 Å². The molecule has 1 amide bonds. The standard InChI is InChI=1S/C20H16ClN5O2/c1-10-15(9-23-20-17(10)22-2-3-28-20)12-5-13-14(4-11-7-24-25-8-11)19(27)26-18(13)16(21)6-12/h4-9,22H,2-3H2,1H3,(H,24,25)(H,26,27)/b14-4-. The third kappa shape index (κ3) is 2.63. The number of amides is 1. The highest BCUT2D eigenvalue weighted by atomic mass is 35.5. The lowest BCUT2D eigenvalue weighted by atomic mass is 9.96. The average molecular weight is 394 g/mol. The molecule has 0 atom stereocenters. The van der Waals surface area contributed by atoms with Gasteiger partial charge in [-0.2, -0.15) is 5.10 Å². The first-order chi connectivity index (χ1) is 13.6. The van der Waals surface area contributed by atoms with Gasteiger partial charge in [0.05, 0.1) is 16.9 Å². The quantitative estimate of drug-likeness (QED) is 0.577. The van der Waals surface area contributed by atoms with Gasteiger partial charge in [-0.1, -0.05) is 11.6 Å². The number of fused-ring (bicyclic) bond motifs is 2. The molecule has 3 aromatic rings. The van der Waals surface area contributed by atoms with E-state index < -0.39 is 0 Å². The minimum atomic E-state index is -0.189. The predicted molar refractivity (Wildman–Crippen MR) is 108 cm³/mol. The van der Waals surface area contributed by atoms with E-state index in [0.29, 0.717) is 28.8 Å². The summed E-state index contributed by atoms with van der Waals surface area (Å²) in [6, 6.07) is 3.81. The first-order valence-corrected chi connectivity index (χ1v) is 9.22. The van der Waals surface area contributed by atoms with Crippen molar-refractivity contribution >= 4 is 40.5 Å². The van der Waals surface area contributed by atoms with Crippen LogP contribution in [0.4, 0.5) is 11.4 Å². The number of nitrogens with zero attached hydrogens (tertiary/aromatic N) is 2. The van der Waals surface area contributed by atoms with E-state index in [2.05, 4.69) is 25.8 Å². The second kappa shape index (κ2) is 6.38. The van der Waals surface area contributed by atoms with E-state index in [9.17, 15) is 4.79 Å². The summed E-state index contributed by atoms with van der Waals surface area (Å²) in [5.41, 5.74) is 6.48. The molecular formula is C20H16ClN5O2. The Morgan fingerprint density at radius 1 is 1.21 bits per heavy atom. The fourth-order valence-electron chi connectivity index (χ4n) is 3.57. The molecule has 5 rings (SSSR count). The summed E-state index contributed by atoms with van der Waals surface area (Å²) in [7, 11) is 0. The fraction of sp³-hybridized carbons (Fsp3) is 0.150. The minimum absolute atomic E-state index is 0.189. The molecule has 7 nitrogen and oxygen atoms in total. The van der Waals surface area contributed by atoms with Gasteiger partial charge in [-0.3, -0.25) is 9.89 Å². The van der Waals surface area contributed by atoms with Crippen molar-refractivity contribution in [2.24, 2.45) is 0 Å². The lowest BCUT2D eigenvalue weighted by Crippen LogP contribution is -2.20. The molecule has 4 heterocycles. The molecule has 140 valence electrons. The molecule has 2 aromatic heterocycles. The van der Waals surface area contributed by atoms with Crippen LogP contribution >= 0.6 is 11.6 Å². The summed E-state index contributed by atoms with van der Waals surface area (Å²) in [5.74, 6) is 0.419. The molecule has 0 radical (unpaired) electrons. The second-order valence-corrected chi connectivity index (χ2v) is 7.08. The largest absolute Gasteiger partial charge is 0.474 e. The van der Waals surface area contributed by atoms with Gasteiger partial charge in [0.25, 0.3) is 5.91 Å². The van der Waals surface area contributed by atoms with Crippen LogP contribution in [0.5, 0.6) is 5.88 Å². The van der Waals surface area contributed by atoms with Gasteiger partial charge in [0, 0.05) is 41.2 Å². The first kappa shape index (κ1) is 16.8. The average Bonchev–Trinajstić information content (AvgIpc) is 3.32. The number of nitrogens with one attached hydrogen (secondary N) is 3. The van der Waals surface area contributed by atoms with Gasteiger partial charge in [0.2, 0.25) is 5.88 Å². The molecule has 0 spiro atoms. The third-order valence-corrected chi connectivity index (χ3v) is 5.25. The summed E-state index contributed by atoms with van der Waals surface area (Å²) < 4.78 is 5.61. The third-order valence-electron chi connectivity index (χ3n) is 4.95. The van der Waals surface area contributed by atoms with Crippen LogP contribution in [0.25, 0.3) is 22.8 Å². The van der Waals surface area contributed by atoms with Gasteiger partial charge in [-0.05, 0) is 36.3 Å². The van der Waals surface area contributed by atoms with Crippen LogP contribution in [-0.2, 0) is 4.79 Å². The van der Waals surface area contributed by atoms with E-state index in [4.69, 9.17) is 16.3 Å². The Bertz CT molecular complexity index is 1140. The van der Waals surface area contributed by atoms with Gasteiger partial charge < -0.3 is 15.4 Å². The monoisotopic (exact) mass is 393 g/mol. The molecule has 0 saturated carbocycles. The van der Waals surface area contributed by atoms with Gasteiger partial charge in [0.1, 0.15) is 12.3 Å². The molecule has 3 N–H and O–H groups in total. The Balaban J connectivity index is 1.66. The van der Waals surface area contributed by atoms with Crippen LogP contribution in [-0.4, -0.2) is 34.2 Å². The van der Waals surface area contributed by atoms with E-state index in [1.54, 1.807) is 24.7 Å². The van der Waals surface area contributed by atoms with Crippen LogP contribution in [0.1, 0.15) is 16.7 Å². The minimum Gasteiger partial charge on any atom is -0.474 e. The van der Waals surface area contributed by atoms with Crippen molar-refractivity contribution < 1.29 is 9.53 Å². The number of aromatic nitrogens is 3. The summed E-state index contributed by atoms with van der Waals surface area (Å²) in [6.07, 6.45) is 6.96. The van der Waals surface area contributed by atoms with Crippen LogP contribution in [0.3, 0.4) is 0 Å². The number of H-pyrrole nitrogens is 1. The van der Waals surface area contributed by atoms with Crippen LogP contribution in [0.15, 0.2) is 30.7 Å². The molecule has 0 saturated heterocycles. The fourth-order valence-corrected chi connectivity index (χ4v) is 3.83. The first-order valence-electron chi connectivity index (χ1n) is 8.84. The highest BCUT2D eigenvalue weighted by molar-refractivity contribution is 6.41. The number of ether oxygens (including phenoxy) is 1. The van der Waals surface area contributed by atoms with E-state index in [1.165, 1.54) is 0 Å². The highest BCUT2D eigenvalue weighted by Crippen LogP contribution is 2.43. The normalized spacial score (nSPS) is 16.2. The zero-order valence-corrected chi connectivity index (χ0v) is 15.7. The number of benzene rings is 1. The Morgan fingerprint density at radius 2 is 2.11 bits per heavy atom. The van der Waals surface area contributed by atoms with Crippen molar-refractivity contribution in [1.82, 2.24) is 15.2 Å². The number of rotatable bonds is 2. The van der Waals surface area contributed by atoms with E-state index in [1.807, 2.05) is 19.1 Å². The van der Waals surface area contributed by atoms with Gasteiger partial charge >= 0.3 is 0 Å². The molecule has 1 aromatic carbocycles. The number of pyridine rings is 1. The zero-order chi connectivity index (χ0) is 19.3. The van der Waals surface area contributed by atoms with Crippen LogP contribution in [0, 0.1) is 6.92 Å². The van der Waals surface area contributed by atoms with Crippen LogP contribution < -0.4 is 15.4 Å². The number of aromatic amines is 1. The van der Waals surface area contributed by atoms with E-state index in [0.717, 1.165) is 40.0 Å². The summed E-state index contributed by atoms with van der Waals surface area (Å²) in [4.78, 5) is 16.9. The Morgan fingerprint density at radius 3 is 2.93 bits per heavy atom. The van der Waals surface area contributed by atoms with Gasteiger partial charge in [-0.25, -0.2) is 4.98 Å². The molecule has 8 heteroatoms. The van der Waals surface area contributed by atoms with Crippen molar-refractivity contribution in [2.75, 3.05) is 23.8 Å². The van der Waals surface area contributed by atoms with Crippen molar-refractivity contribution in [3.63, 3.8) is 0 Å². The number of hydrogen-bond donors (Lipinski definition) is 3. The number of halogens is 1. The maximum atomic E-state index is 12.5. The maximum absolute atomic E-state index is 12.5. The summed E-state index contributed by atoms with van der Waals surface area (Å²) in [6.45, 7) is 3.35. The molecule has 0 fully saturated rings. The predicted octanol–water partition coefficient (Wildman–Crippen LogP) is 3.73. The lowest BCUT2D eigenvalue weighted by molar-refractivity contribution is -0.110. The molecule has 2 aliphatic heterocycles. The van der Waals surface area contributed by atoms with Crippen molar-refractivity contribution in [1.29, 1.82) is 0 Å². The molecule has 2 aliphatic rings. The number of carbonyl (C=O) groups is 1. The van der Waals surface area contributed by atoms with Crippen LogP contribution in [0.2, 0.25) is 5.02 Å². The molecule has 0 bridgehead atoms. The molecular weight excluding hydrogens is 378 g/mol. The number of anilines is 2. The van der Waals surface area contributed by atoms with E-state index in [-0.39, 0.29) is 5.91 Å². The van der Waals surface area contributed by atoms with Crippen molar-refractivity contribution in [3.05, 3.63) is 52.4 Å². The lowest BCUT2D eigenvalue weighted by Gasteiger charge is -2.21. The zero-order valence-electron chi connectivity index (χ0n) is 15.0. The maximum Gasteiger partial charge on any atom is 0.256 e. The van der Waals surface area contributed by atoms with Gasteiger partial charge in [0.15, 0.2) is 0 Å².